The zero-order chi connectivity index (χ0) is 70.1. The van der Waals surface area contributed by atoms with Gasteiger partial charge in [-0.2, -0.15) is 0 Å². The molecule has 560 valence electrons. The van der Waals surface area contributed by atoms with Crippen molar-refractivity contribution in [3.05, 3.63) is 24.3 Å². The molecule has 19 heteroatoms. The van der Waals surface area contributed by atoms with Crippen LogP contribution in [-0.4, -0.2) is 96.7 Å². The van der Waals surface area contributed by atoms with Crippen molar-refractivity contribution in [3.63, 3.8) is 0 Å². The van der Waals surface area contributed by atoms with Gasteiger partial charge >= 0.3 is 39.5 Å². The van der Waals surface area contributed by atoms with Crippen LogP contribution in [0.1, 0.15) is 363 Å². The summed E-state index contributed by atoms with van der Waals surface area (Å²) in [5.74, 6) is 0.134. The first-order valence-corrected chi connectivity index (χ1v) is 41.7. The van der Waals surface area contributed by atoms with Gasteiger partial charge in [0, 0.05) is 25.7 Å². The molecule has 0 saturated heterocycles. The second kappa shape index (κ2) is 66.1. The van der Waals surface area contributed by atoms with Gasteiger partial charge in [-0.3, -0.25) is 37.3 Å². The molecule has 0 bridgehead atoms. The molecule has 0 amide bonds. The molecule has 0 aromatic rings. The van der Waals surface area contributed by atoms with Crippen LogP contribution in [0.2, 0.25) is 0 Å². The van der Waals surface area contributed by atoms with Crippen molar-refractivity contribution in [3.8, 4) is 0 Å². The third-order valence-electron chi connectivity index (χ3n) is 17.4. The predicted octanol–water partition coefficient (Wildman–Crippen LogP) is 21.7. The van der Waals surface area contributed by atoms with Crippen LogP contribution >= 0.6 is 15.6 Å². The van der Waals surface area contributed by atoms with Crippen molar-refractivity contribution in [1.29, 1.82) is 0 Å². The molecule has 6 atom stereocenters. The van der Waals surface area contributed by atoms with Gasteiger partial charge in [-0.05, 0) is 69.1 Å². The molecule has 0 saturated carbocycles. The lowest BCUT2D eigenvalue weighted by atomic mass is 10.00. The average Bonchev–Trinajstić information content (AvgIpc) is 1.76. The van der Waals surface area contributed by atoms with E-state index in [1.54, 1.807) is 0 Å². The van der Waals surface area contributed by atoms with Crippen LogP contribution in [0.4, 0.5) is 0 Å². The van der Waals surface area contributed by atoms with Crippen LogP contribution in [-0.2, 0) is 65.4 Å². The number of phosphoric acid groups is 2. The molecule has 0 aliphatic carbocycles. The Kier molecular flexibility index (Phi) is 64.4. The Hall–Kier alpha value is -2.46. The van der Waals surface area contributed by atoms with Gasteiger partial charge in [-0.25, -0.2) is 9.13 Å². The van der Waals surface area contributed by atoms with Crippen molar-refractivity contribution in [2.45, 2.75) is 381 Å². The van der Waals surface area contributed by atoms with Gasteiger partial charge in [0.1, 0.15) is 19.3 Å². The fraction of sp³-hybridized carbons (Fsp3) is 0.895. The second-order valence-electron chi connectivity index (χ2n) is 27.9. The van der Waals surface area contributed by atoms with E-state index in [4.69, 9.17) is 37.0 Å². The minimum absolute atomic E-state index is 0.0839. The van der Waals surface area contributed by atoms with Gasteiger partial charge in [-0.1, -0.05) is 310 Å². The van der Waals surface area contributed by atoms with Crippen LogP contribution < -0.4 is 0 Å². The van der Waals surface area contributed by atoms with E-state index in [1.807, 2.05) is 0 Å². The van der Waals surface area contributed by atoms with Gasteiger partial charge in [0.05, 0.1) is 26.4 Å². The lowest BCUT2D eigenvalue weighted by Gasteiger charge is -2.21. The van der Waals surface area contributed by atoms with E-state index in [0.717, 1.165) is 127 Å². The van der Waals surface area contributed by atoms with Crippen molar-refractivity contribution >= 4 is 39.5 Å². The van der Waals surface area contributed by atoms with Gasteiger partial charge < -0.3 is 33.8 Å². The van der Waals surface area contributed by atoms with Gasteiger partial charge in [0.2, 0.25) is 0 Å². The normalized spacial score (nSPS) is 14.5. The number of carbonyl (C=O) groups excluding carboxylic acids is 4. The molecule has 17 nitrogen and oxygen atoms in total. The number of esters is 4. The maximum Gasteiger partial charge on any atom is 0.472 e. The maximum atomic E-state index is 13.1. The smallest absolute Gasteiger partial charge is 0.462 e. The zero-order valence-corrected chi connectivity index (χ0v) is 63.4. The SMILES string of the molecule is CCCCCC/C=C\C=C/CCCCCCCC(=O)O[C@H](COC(=O)CCCCCCCCC(C)CC)COP(=O)(O)OC[C@H](O)COP(=O)(O)OC[C@@H](COC(=O)CCCCCCCCCCCCCCC(C)C)OC(=O)CCCCCCCCCCCCCCC(C)C. The number of phosphoric ester groups is 2. The van der Waals surface area contributed by atoms with E-state index in [1.165, 1.54) is 154 Å². The summed E-state index contributed by atoms with van der Waals surface area (Å²) in [7, 11) is -9.93. The molecule has 0 aromatic carbocycles. The molecule has 0 fully saturated rings. The van der Waals surface area contributed by atoms with E-state index >= 15 is 0 Å². The van der Waals surface area contributed by atoms with Crippen molar-refractivity contribution in [2.24, 2.45) is 17.8 Å². The quantitative estimate of drug-likeness (QED) is 0.0169. The molecule has 0 aliphatic heterocycles. The monoisotopic (exact) mass is 1390 g/mol. The van der Waals surface area contributed by atoms with E-state index in [9.17, 15) is 43.2 Å². The first kappa shape index (κ1) is 92.5. The van der Waals surface area contributed by atoms with Gasteiger partial charge in [0.15, 0.2) is 12.2 Å². The topological polar surface area (TPSA) is 237 Å². The van der Waals surface area contributed by atoms with Crippen LogP contribution in [0.5, 0.6) is 0 Å². The molecule has 0 spiro atoms. The Morgan fingerprint density at radius 3 is 0.937 bits per heavy atom. The van der Waals surface area contributed by atoms with Crippen molar-refractivity contribution in [2.75, 3.05) is 39.6 Å². The Bertz CT molecular complexity index is 1950. The summed E-state index contributed by atoms with van der Waals surface area (Å²) in [6, 6.07) is 0. The molecule has 0 aliphatic rings. The molecule has 3 unspecified atom stereocenters. The molecule has 0 heterocycles. The summed E-state index contributed by atoms with van der Waals surface area (Å²) in [5, 5.41) is 10.6. The number of allylic oxidation sites excluding steroid dienone is 4. The molecular formula is C76H144O17P2. The van der Waals surface area contributed by atoms with E-state index in [-0.39, 0.29) is 25.7 Å². The number of rotatable bonds is 72. The number of hydrogen-bond donors (Lipinski definition) is 3. The Labute approximate surface area is 580 Å². The fourth-order valence-corrected chi connectivity index (χ4v) is 12.6. The Morgan fingerprint density at radius 1 is 0.347 bits per heavy atom. The summed E-state index contributed by atoms with van der Waals surface area (Å²) in [6.07, 6.45) is 54.9. The average molecular weight is 1390 g/mol. The summed E-state index contributed by atoms with van der Waals surface area (Å²) in [4.78, 5) is 72.8. The number of aliphatic hydroxyl groups excluding tert-OH is 1. The third-order valence-corrected chi connectivity index (χ3v) is 19.3. The summed E-state index contributed by atoms with van der Waals surface area (Å²) in [5.41, 5.74) is 0. The van der Waals surface area contributed by atoms with Gasteiger partial charge in [0.25, 0.3) is 0 Å². The van der Waals surface area contributed by atoms with Crippen LogP contribution in [0.15, 0.2) is 24.3 Å². The second-order valence-corrected chi connectivity index (χ2v) is 30.8. The number of aliphatic hydroxyl groups is 1. The standard InChI is InChI=1S/C76H144O17P2/c1-8-10-11-12-13-14-15-16-17-18-26-31-36-45-52-59-76(81)93-72(64-87-74(79)58-51-44-39-38-42-49-56-69(7)9-2)66-91-95(84,85)89-62-70(77)61-88-94(82,83)90-65-71(92-75(80)60-53-46-37-32-27-22-20-24-29-34-41-48-55-68(5)6)63-86-73(78)57-50-43-35-30-25-21-19-23-28-33-40-47-54-67(3)4/h14-17,67-72,77H,8-13,18-66H2,1-7H3,(H,82,83)(H,84,85)/b15-14-,17-16-/t69?,70-,71-,72-/m1/s1. The van der Waals surface area contributed by atoms with Crippen LogP contribution in [0.25, 0.3) is 0 Å². The maximum absolute atomic E-state index is 13.1. The Morgan fingerprint density at radius 2 is 0.621 bits per heavy atom. The number of ether oxygens (including phenoxy) is 4. The molecule has 0 rings (SSSR count). The fourth-order valence-electron chi connectivity index (χ4n) is 11.0. The van der Waals surface area contributed by atoms with Gasteiger partial charge in [-0.15, -0.1) is 0 Å². The van der Waals surface area contributed by atoms with E-state index < -0.39 is 97.5 Å². The number of hydrogen-bond acceptors (Lipinski definition) is 15. The highest BCUT2D eigenvalue weighted by molar-refractivity contribution is 7.47. The van der Waals surface area contributed by atoms with Crippen molar-refractivity contribution < 1.29 is 80.2 Å². The highest BCUT2D eigenvalue weighted by Gasteiger charge is 2.30. The highest BCUT2D eigenvalue weighted by atomic mass is 31.2. The molecule has 95 heavy (non-hydrogen) atoms. The molecule has 0 aromatic heterocycles. The first-order valence-electron chi connectivity index (χ1n) is 38.7. The largest absolute Gasteiger partial charge is 0.472 e. The van der Waals surface area contributed by atoms with E-state index in [2.05, 4.69) is 72.8 Å². The molecular weight excluding hydrogens is 1250 g/mol. The van der Waals surface area contributed by atoms with Crippen LogP contribution in [0, 0.1) is 17.8 Å². The minimum atomic E-state index is -4.96. The Balaban J connectivity index is 5.30. The minimum Gasteiger partial charge on any atom is -0.462 e. The zero-order valence-electron chi connectivity index (χ0n) is 61.6. The third kappa shape index (κ3) is 68.5. The summed E-state index contributed by atoms with van der Waals surface area (Å²) < 4.78 is 68.5. The molecule has 0 radical (unpaired) electrons. The van der Waals surface area contributed by atoms with Crippen molar-refractivity contribution in [1.82, 2.24) is 0 Å². The lowest BCUT2D eigenvalue weighted by Crippen LogP contribution is -2.30. The number of carbonyl (C=O) groups is 4. The highest BCUT2D eigenvalue weighted by Crippen LogP contribution is 2.45. The summed E-state index contributed by atoms with van der Waals surface area (Å²) in [6.45, 7) is 11.8. The summed E-state index contributed by atoms with van der Waals surface area (Å²) >= 11 is 0. The first-order chi connectivity index (χ1) is 45.8. The number of unbranched alkanes of at least 4 members (excludes halogenated alkanes) is 36. The van der Waals surface area contributed by atoms with E-state index in [0.29, 0.717) is 25.7 Å². The van der Waals surface area contributed by atoms with Crippen LogP contribution in [0.3, 0.4) is 0 Å². The lowest BCUT2D eigenvalue weighted by molar-refractivity contribution is -0.161. The predicted molar refractivity (Wildman–Crippen MR) is 386 cm³/mol. The molecule has 3 N–H and O–H groups in total.